The molecule has 4 heteroatoms. The number of rotatable bonds is 6. The molecule has 0 aromatic heterocycles. The molecule has 0 spiro atoms. The van der Waals surface area contributed by atoms with Crippen molar-refractivity contribution < 1.29 is 14.9 Å². The second kappa shape index (κ2) is 7.73. The molecule has 1 saturated heterocycles. The lowest BCUT2D eigenvalue weighted by molar-refractivity contribution is -0.0819. The average Bonchev–Trinajstić information content (AvgIpc) is 2.65. The summed E-state index contributed by atoms with van der Waals surface area (Å²) in [5.74, 6) is 0.898. The van der Waals surface area contributed by atoms with Gasteiger partial charge in [-0.2, -0.15) is 0 Å². The van der Waals surface area contributed by atoms with Crippen LogP contribution in [0.3, 0.4) is 0 Å². The molecule has 4 nitrogen and oxygen atoms in total. The normalized spacial score (nSPS) is 24.6. The van der Waals surface area contributed by atoms with Gasteiger partial charge in [0.05, 0.1) is 19.8 Å². The Labute approximate surface area is 150 Å². The molecule has 2 atom stereocenters. The van der Waals surface area contributed by atoms with E-state index in [4.69, 9.17) is 4.74 Å². The predicted octanol–water partition coefficient (Wildman–Crippen LogP) is 3.19. The van der Waals surface area contributed by atoms with Crippen LogP contribution < -0.4 is 4.74 Å². The molecule has 0 unspecified atom stereocenters. The van der Waals surface area contributed by atoms with Crippen LogP contribution in [0, 0.1) is 5.41 Å². The average molecular weight is 343 g/mol. The maximum atomic E-state index is 10.5. The fourth-order valence-electron chi connectivity index (χ4n) is 4.25. The van der Waals surface area contributed by atoms with E-state index in [2.05, 4.69) is 36.1 Å². The van der Waals surface area contributed by atoms with Crippen molar-refractivity contribution in [3.05, 3.63) is 42.0 Å². The molecule has 2 aromatic carbocycles. The number of piperidine rings is 1. The van der Waals surface area contributed by atoms with E-state index >= 15 is 0 Å². The van der Waals surface area contributed by atoms with E-state index in [-0.39, 0.29) is 6.61 Å². The van der Waals surface area contributed by atoms with Crippen molar-refractivity contribution in [1.82, 2.24) is 4.90 Å². The van der Waals surface area contributed by atoms with Crippen molar-refractivity contribution in [3.8, 4) is 5.75 Å². The number of ether oxygens (including phenoxy) is 1. The highest BCUT2D eigenvalue weighted by atomic mass is 16.5. The van der Waals surface area contributed by atoms with Gasteiger partial charge in [-0.25, -0.2) is 0 Å². The van der Waals surface area contributed by atoms with Gasteiger partial charge in [0.2, 0.25) is 0 Å². The minimum atomic E-state index is -0.428. The number of likely N-dealkylation sites (tertiary alicyclic amines) is 1. The Morgan fingerprint density at radius 3 is 2.76 bits per heavy atom. The van der Waals surface area contributed by atoms with Gasteiger partial charge in [-0.15, -0.1) is 0 Å². The number of methoxy groups -OCH3 is 1. The largest absolute Gasteiger partial charge is 0.496 e. The van der Waals surface area contributed by atoms with Crippen LogP contribution in [-0.2, 0) is 6.54 Å². The standard InChI is InChI=1S/C21H29NO3/c1-3-11-21(15-23)14-22(12-10-20(21)24)13-18-17-7-5-4-6-16(17)8-9-19(18)25-2/h4-9,20,23-24H,3,10-15H2,1-2H3/t20-,21+/m1/s1. The van der Waals surface area contributed by atoms with Gasteiger partial charge < -0.3 is 14.9 Å². The molecule has 1 aliphatic rings. The van der Waals surface area contributed by atoms with Crippen LogP contribution in [-0.4, -0.2) is 48.0 Å². The lowest BCUT2D eigenvalue weighted by Gasteiger charge is -2.45. The quantitative estimate of drug-likeness (QED) is 0.846. The van der Waals surface area contributed by atoms with Crippen molar-refractivity contribution in [3.63, 3.8) is 0 Å². The lowest BCUT2D eigenvalue weighted by Crippen LogP contribution is -2.53. The zero-order valence-electron chi connectivity index (χ0n) is 15.2. The first-order valence-electron chi connectivity index (χ1n) is 9.19. The summed E-state index contributed by atoms with van der Waals surface area (Å²) in [7, 11) is 1.71. The first kappa shape index (κ1) is 18.2. The number of benzene rings is 2. The molecule has 0 bridgehead atoms. The smallest absolute Gasteiger partial charge is 0.123 e. The first-order chi connectivity index (χ1) is 12.1. The maximum Gasteiger partial charge on any atom is 0.123 e. The van der Waals surface area contributed by atoms with Crippen LogP contribution in [0.15, 0.2) is 36.4 Å². The molecule has 3 rings (SSSR count). The number of nitrogens with zero attached hydrogens (tertiary/aromatic N) is 1. The van der Waals surface area contributed by atoms with E-state index in [9.17, 15) is 10.2 Å². The summed E-state index contributed by atoms with van der Waals surface area (Å²) < 4.78 is 5.62. The number of fused-ring (bicyclic) bond motifs is 1. The SMILES string of the molecule is CCC[C@@]1(CO)CN(Cc2c(OC)ccc3ccccc23)CC[C@H]1O. The predicted molar refractivity (Wildman–Crippen MR) is 101 cm³/mol. The van der Waals surface area contributed by atoms with E-state index < -0.39 is 11.5 Å². The Bertz CT molecular complexity index is 717. The molecule has 0 radical (unpaired) electrons. The van der Waals surface area contributed by atoms with Crippen molar-refractivity contribution in [2.24, 2.45) is 5.41 Å². The number of aliphatic hydroxyl groups is 2. The maximum absolute atomic E-state index is 10.5. The second-order valence-corrected chi connectivity index (χ2v) is 7.25. The molecule has 1 fully saturated rings. The summed E-state index contributed by atoms with van der Waals surface area (Å²) in [6.07, 6.45) is 2.08. The zero-order chi connectivity index (χ0) is 17.9. The summed E-state index contributed by atoms with van der Waals surface area (Å²) >= 11 is 0. The molecule has 2 aromatic rings. The van der Waals surface area contributed by atoms with Gasteiger partial charge in [0.15, 0.2) is 0 Å². The Morgan fingerprint density at radius 2 is 2.04 bits per heavy atom. The van der Waals surface area contributed by atoms with Gasteiger partial charge in [0.25, 0.3) is 0 Å². The Morgan fingerprint density at radius 1 is 1.24 bits per heavy atom. The highest BCUT2D eigenvalue weighted by Crippen LogP contribution is 2.37. The van der Waals surface area contributed by atoms with E-state index in [0.29, 0.717) is 13.0 Å². The van der Waals surface area contributed by atoms with Gasteiger partial charge in [0, 0.05) is 30.6 Å². The van der Waals surface area contributed by atoms with Crippen molar-refractivity contribution in [2.75, 3.05) is 26.8 Å². The van der Waals surface area contributed by atoms with E-state index in [1.807, 2.05) is 12.1 Å². The molecule has 1 heterocycles. The number of hydrogen-bond acceptors (Lipinski definition) is 4. The molecule has 0 amide bonds. The molecular formula is C21H29NO3. The van der Waals surface area contributed by atoms with Gasteiger partial charge in [-0.1, -0.05) is 43.7 Å². The minimum Gasteiger partial charge on any atom is -0.496 e. The van der Waals surface area contributed by atoms with E-state index in [1.165, 1.54) is 16.3 Å². The summed E-state index contributed by atoms with van der Waals surface area (Å²) in [6.45, 7) is 4.45. The van der Waals surface area contributed by atoms with Crippen LogP contribution in [0.25, 0.3) is 10.8 Å². The van der Waals surface area contributed by atoms with Crippen LogP contribution in [0.2, 0.25) is 0 Å². The summed E-state index contributed by atoms with van der Waals surface area (Å²) in [5.41, 5.74) is 0.769. The molecule has 1 aliphatic heterocycles. The highest BCUT2D eigenvalue weighted by molar-refractivity contribution is 5.87. The third-order valence-corrected chi connectivity index (χ3v) is 5.63. The van der Waals surface area contributed by atoms with Crippen LogP contribution >= 0.6 is 0 Å². The van der Waals surface area contributed by atoms with Crippen LogP contribution in [0.4, 0.5) is 0 Å². The fraction of sp³-hybridized carbons (Fsp3) is 0.524. The molecule has 0 saturated carbocycles. The van der Waals surface area contributed by atoms with Gasteiger partial charge in [-0.3, -0.25) is 4.90 Å². The van der Waals surface area contributed by atoms with E-state index in [0.717, 1.165) is 31.7 Å². The Hall–Kier alpha value is -1.62. The van der Waals surface area contributed by atoms with Crippen LogP contribution in [0.5, 0.6) is 5.75 Å². The monoisotopic (exact) mass is 343 g/mol. The zero-order valence-corrected chi connectivity index (χ0v) is 15.2. The molecular weight excluding hydrogens is 314 g/mol. The van der Waals surface area contributed by atoms with Crippen molar-refractivity contribution >= 4 is 10.8 Å². The molecule has 0 aliphatic carbocycles. The Balaban J connectivity index is 1.90. The summed E-state index contributed by atoms with van der Waals surface area (Å²) in [4.78, 5) is 2.35. The third-order valence-electron chi connectivity index (χ3n) is 5.63. The summed E-state index contributed by atoms with van der Waals surface area (Å²) in [5, 5.41) is 22.9. The summed E-state index contributed by atoms with van der Waals surface area (Å²) in [6, 6.07) is 12.5. The minimum absolute atomic E-state index is 0.0329. The first-order valence-corrected chi connectivity index (χ1v) is 9.19. The van der Waals surface area contributed by atoms with Crippen molar-refractivity contribution in [2.45, 2.75) is 38.8 Å². The molecule has 25 heavy (non-hydrogen) atoms. The van der Waals surface area contributed by atoms with Gasteiger partial charge in [-0.05, 0) is 29.7 Å². The fourth-order valence-corrected chi connectivity index (χ4v) is 4.25. The van der Waals surface area contributed by atoms with Crippen molar-refractivity contribution in [1.29, 1.82) is 0 Å². The third kappa shape index (κ3) is 3.52. The van der Waals surface area contributed by atoms with Gasteiger partial charge in [0.1, 0.15) is 5.75 Å². The lowest BCUT2D eigenvalue weighted by atomic mass is 9.74. The Kier molecular flexibility index (Phi) is 5.62. The van der Waals surface area contributed by atoms with Gasteiger partial charge >= 0.3 is 0 Å². The molecule has 136 valence electrons. The number of hydrogen-bond donors (Lipinski definition) is 2. The van der Waals surface area contributed by atoms with Crippen LogP contribution in [0.1, 0.15) is 31.7 Å². The van der Waals surface area contributed by atoms with E-state index in [1.54, 1.807) is 7.11 Å². The molecule has 2 N–H and O–H groups in total. The second-order valence-electron chi connectivity index (χ2n) is 7.25. The number of aliphatic hydroxyl groups excluding tert-OH is 2. The highest BCUT2D eigenvalue weighted by Gasteiger charge is 2.41. The topological polar surface area (TPSA) is 52.9 Å².